The summed E-state index contributed by atoms with van der Waals surface area (Å²) >= 11 is 0. The average Bonchev–Trinajstić information content (AvgIpc) is 2.97. The Morgan fingerprint density at radius 1 is 1.21 bits per heavy atom. The van der Waals surface area contributed by atoms with Crippen LogP contribution in [0.2, 0.25) is 0 Å². The highest BCUT2D eigenvalue weighted by atomic mass is 16.3. The van der Waals surface area contributed by atoms with E-state index in [0.29, 0.717) is 35.9 Å². The van der Waals surface area contributed by atoms with Gasteiger partial charge in [0.1, 0.15) is 6.23 Å². The van der Waals surface area contributed by atoms with Crippen LogP contribution in [0.25, 0.3) is 0 Å². The van der Waals surface area contributed by atoms with E-state index in [0.717, 1.165) is 19.3 Å². The van der Waals surface area contributed by atoms with Crippen LogP contribution in [0.1, 0.15) is 31.7 Å². The molecule has 24 heavy (non-hydrogen) atoms. The van der Waals surface area contributed by atoms with Gasteiger partial charge < -0.3 is 15.1 Å². The maximum atomic E-state index is 11.6. The highest BCUT2D eigenvalue weighted by Gasteiger charge is 2.76. The molecule has 10 atom stereocenters. The summed E-state index contributed by atoms with van der Waals surface area (Å²) in [6, 6.07) is 9.70. The van der Waals surface area contributed by atoms with Gasteiger partial charge in [-0.3, -0.25) is 4.90 Å². The summed E-state index contributed by atoms with van der Waals surface area (Å²) in [5.74, 6) is 1.14. The van der Waals surface area contributed by atoms with E-state index in [2.05, 4.69) is 48.0 Å². The lowest BCUT2D eigenvalue weighted by Gasteiger charge is -2.62. The Morgan fingerprint density at radius 3 is 2.79 bits per heavy atom. The summed E-state index contributed by atoms with van der Waals surface area (Å²) in [5, 5.41) is 22.6. The first-order valence-corrected chi connectivity index (χ1v) is 9.57. The van der Waals surface area contributed by atoms with Crippen LogP contribution >= 0.6 is 0 Å². The first-order valence-electron chi connectivity index (χ1n) is 9.57. The van der Waals surface area contributed by atoms with Crippen molar-refractivity contribution in [2.75, 3.05) is 11.9 Å². The van der Waals surface area contributed by atoms with Crippen molar-refractivity contribution in [3.05, 3.63) is 29.8 Å². The van der Waals surface area contributed by atoms with E-state index in [4.69, 9.17) is 0 Å². The highest BCUT2D eigenvalue weighted by Crippen LogP contribution is 2.68. The van der Waals surface area contributed by atoms with Gasteiger partial charge in [-0.25, -0.2) is 0 Å². The smallest absolute Gasteiger partial charge is 0.111 e. The molecule has 5 aliphatic heterocycles. The molecule has 5 heterocycles. The van der Waals surface area contributed by atoms with Gasteiger partial charge in [0.25, 0.3) is 0 Å². The molecular weight excluding hydrogens is 300 g/mol. The lowest BCUT2D eigenvalue weighted by atomic mass is 9.62. The van der Waals surface area contributed by atoms with E-state index in [1.165, 1.54) is 11.3 Å². The number of fused-ring (bicyclic) bond motifs is 2. The molecule has 1 aliphatic carbocycles. The van der Waals surface area contributed by atoms with Crippen LogP contribution in [0.4, 0.5) is 5.69 Å². The minimum Gasteiger partial charge on any atom is -0.392 e. The van der Waals surface area contributed by atoms with Crippen LogP contribution < -0.4 is 4.90 Å². The standard InChI is InChI=1S/C20H26N2O2/c1-3-10-11-8-14-17-20(12-6-4-5-7-13(12)21(17)2)9-15(16(11)18(20)23)22(14)19(10)24/h4-7,10-11,14-19,23-24H,3,8-9H2,1-2H3/t10-,11+,14-,15+,16?,17+,18?,19-,20+/m1/s1. The number of anilines is 1. The van der Waals surface area contributed by atoms with E-state index in [9.17, 15) is 10.2 Å². The first kappa shape index (κ1) is 14.1. The van der Waals surface area contributed by atoms with Gasteiger partial charge in [0, 0.05) is 42.1 Å². The predicted octanol–water partition coefficient (Wildman–Crippen LogP) is 1.55. The molecule has 1 aromatic rings. The lowest BCUT2D eigenvalue weighted by Crippen LogP contribution is -2.72. The second kappa shape index (κ2) is 4.17. The molecule has 0 aromatic heterocycles. The van der Waals surface area contributed by atoms with Gasteiger partial charge in [0.05, 0.1) is 12.1 Å². The second-order valence-electron chi connectivity index (χ2n) is 8.81. The van der Waals surface area contributed by atoms with Crippen molar-refractivity contribution in [1.29, 1.82) is 0 Å². The Kier molecular flexibility index (Phi) is 2.45. The third-order valence-electron chi connectivity index (χ3n) is 8.46. The molecule has 4 saturated heterocycles. The molecule has 2 N–H and O–H groups in total. The summed E-state index contributed by atoms with van der Waals surface area (Å²) in [6.07, 6.45) is 2.56. The summed E-state index contributed by atoms with van der Waals surface area (Å²) in [5.41, 5.74) is 2.51. The Balaban J connectivity index is 1.60. The highest BCUT2D eigenvalue weighted by molar-refractivity contribution is 5.67. The third kappa shape index (κ3) is 1.20. The molecule has 128 valence electrons. The maximum absolute atomic E-state index is 11.6. The Bertz CT molecular complexity index is 723. The average molecular weight is 326 g/mol. The molecular formula is C20H26N2O2. The molecule has 5 bridgehead atoms. The van der Waals surface area contributed by atoms with Crippen molar-refractivity contribution in [3.8, 4) is 0 Å². The van der Waals surface area contributed by atoms with Crippen molar-refractivity contribution >= 4 is 5.69 Å². The molecule has 4 heteroatoms. The number of nitrogens with zero attached hydrogens (tertiary/aromatic N) is 2. The van der Waals surface area contributed by atoms with Crippen LogP contribution in [-0.4, -0.2) is 52.6 Å². The van der Waals surface area contributed by atoms with Crippen molar-refractivity contribution in [2.24, 2.45) is 17.8 Å². The number of hydrogen-bond acceptors (Lipinski definition) is 4. The fourth-order valence-electron chi connectivity index (χ4n) is 7.88. The maximum Gasteiger partial charge on any atom is 0.111 e. The van der Waals surface area contributed by atoms with Crippen molar-refractivity contribution in [3.63, 3.8) is 0 Å². The first-order chi connectivity index (χ1) is 11.6. The number of aliphatic hydroxyl groups is 2. The Morgan fingerprint density at radius 2 is 2.00 bits per heavy atom. The van der Waals surface area contributed by atoms with E-state index < -0.39 is 0 Å². The molecule has 6 aliphatic rings. The van der Waals surface area contributed by atoms with Crippen LogP contribution in [0.15, 0.2) is 24.3 Å². The van der Waals surface area contributed by atoms with Gasteiger partial charge >= 0.3 is 0 Å². The number of likely N-dealkylation sites (N-methyl/N-ethyl adjacent to an activating group) is 1. The monoisotopic (exact) mass is 326 g/mol. The minimum atomic E-state index is -0.319. The summed E-state index contributed by atoms with van der Waals surface area (Å²) in [7, 11) is 2.19. The summed E-state index contributed by atoms with van der Waals surface area (Å²) in [6.45, 7) is 2.19. The largest absolute Gasteiger partial charge is 0.392 e. The van der Waals surface area contributed by atoms with Crippen LogP contribution in [0.3, 0.4) is 0 Å². The van der Waals surface area contributed by atoms with Gasteiger partial charge in [-0.15, -0.1) is 0 Å². The summed E-state index contributed by atoms with van der Waals surface area (Å²) in [4.78, 5) is 4.83. The number of hydrogen-bond donors (Lipinski definition) is 2. The zero-order valence-corrected chi connectivity index (χ0v) is 14.3. The molecule has 3 unspecified atom stereocenters. The Labute approximate surface area is 143 Å². The van der Waals surface area contributed by atoms with Crippen LogP contribution in [0, 0.1) is 17.8 Å². The predicted molar refractivity (Wildman–Crippen MR) is 91.7 cm³/mol. The van der Waals surface area contributed by atoms with E-state index in [-0.39, 0.29) is 17.7 Å². The molecule has 0 amide bonds. The molecule has 7 rings (SSSR count). The molecule has 4 nitrogen and oxygen atoms in total. The fraction of sp³-hybridized carbons (Fsp3) is 0.700. The fourth-order valence-corrected chi connectivity index (χ4v) is 7.88. The van der Waals surface area contributed by atoms with Gasteiger partial charge in [0.2, 0.25) is 0 Å². The van der Waals surface area contributed by atoms with Crippen molar-refractivity contribution in [2.45, 2.75) is 62.1 Å². The normalized spacial score (nSPS) is 55.8. The van der Waals surface area contributed by atoms with E-state index in [1.54, 1.807) is 0 Å². The van der Waals surface area contributed by atoms with Gasteiger partial charge in [-0.1, -0.05) is 25.1 Å². The number of rotatable bonds is 1. The number of piperidine rings is 4. The van der Waals surface area contributed by atoms with E-state index in [1.807, 2.05) is 0 Å². The molecule has 1 saturated carbocycles. The van der Waals surface area contributed by atoms with Crippen molar-refractivity contribution < 1.29 is 10.2 Å². The zero-order valence-electron chi connectivity index (χ0n) is 14.3. The second-order valence-corrected chi connectivity index (χ2v) is 8.81. The quantitative estimate of drug-likeness (QED) is 0.822. The molecule has 1 aromatic carbocycles. The molecule has 5 fully saturated rings. The Hall–Kier alpha value is -1.10. The van der Waals surface area contributed by atoms with Crippen molar-refractivity contribution in [1.82, 2.24) is 4.90 Å². The minimum absolute atomic E-state index is 0.126. The molecule has 0 radical (unpaired) electrons. The third-order valence-corrected chi connectivity index (χ3v) is 8.46. The van der Waals surface area contributed by atoms with Gasteiger partial charge in [-0.05, 0) is 36.8 Å². The zero-order chi connectivity index (χ0) is 16.4. The number of aliphatic hydroxyl groups excluding tert-OH is 2. The number of para-hydroxylation sites is 1. The summed E-state index contributed by atoms with van der Waals surface area (Å²) < 4.78 is 0. The number of benzene rings is 1. The topological polar surface area (TPSA) is 46.9 Å². The lowest BCUT2D eigenvalue weighted by molar-refractivity contribution is -0.211. The van der Waals surface area contributed by atoms with Crippen LogP contribution in [0.5, 0.6) is 0 Å². The SMILES string of the molecule is CC[C@@H]1[C@@H]2C[C@@H]3[C@@H]4N(C)c5ccccc5[C@@]45C[C@@H](C2C5O)N3[C@@H]1O. The van der Waals surface area contributed by atoms with E-state index >= 15 is 0 Å². The van der Waals surface area contributed by atoms with Gasteiger partial charge in [-0.2, -0.15) is 0 Å². The van der Waals surface area contributed by atoms with Crippen LogP contribution in [-0.2, 0) is 5.41 Å². The molecule has 1 spiro atoms. The van der Waals surface area contributed by atoms with Gasteiger partial charge in [0.15, 0.2) is 0 Å².